The smallest absolute Gasteiger partial charge is 0.000123 e. The Hall–Kier alpha value is -0.260. The minimum absolute atomic E-state index is 0.172. The molecular formula is C23H44. The maximum Gasteiger partial charge on any atom is -0.000123 e. The van der Waals surface area contributed by atoms with Gasteiger partial charge in [0.2, 0.25) is 0 Å². The van der Waals surface area contributed by atoms with Crippen LogP contribution in [0.3, 0.4) is 0 Å². The van der Waals surface area contributed by atoms with Gasteiger partial charge in [-0.2, -0.15) is 0 Å². The molecule has 0 fully saturated rings. The highest BCUT2D eigenvalue weighted by Gasteiger charge is 2.68. The second-order valence-corrected chi connectivity index (χ2v) is 10.9. The van der Waals surface area contributed by atoms with E-state index in [4.69, 9.17) is 0 Å². The first kappa shape index (κ1) is 20.8. The van der Waals surface area contributed by atoms with Crippen LogP contribution in [0.4, 0.5) is 0 Å². The van der Waals surface area contributed by atoms with Gasteiger partial charge < -0.3 is 0 Å². The Morgan fingerprint density at radius 1 is 0.739 bits per heavy atom. The van der Waals surface area contributed by atoms with Crippen LogP contribution in [-0.2, 0) is 0 Å². The molecular weight excluding hydrogens is 276 g/mol. The van der Waals surface area contributed by atoms with Crippen molar-refractivity contribution in [2.75, 3.05) is 0 Å². The molecule has 0 radical (unpaired) electrons. The van der Waals surface area contributed by atoms with Crippen LogP contribution >= 0.6 is 0 Å². The molecule has 136 valence electrons. The summed E-state index contributed by atoms with van der Waals surface area (Å²) in [5.74, 6) is 1.27. The average Bonchev–Trinajstić information content (AvgIpc) is 2.41. The van der Waals surface area contributed by atoms with Crippen molar-refractivity contribution in [3.05, 3.63) is 11.1 Å². The van der Waals surface area contributed by atoms with Crippen molar-refractivity contribution in [2.24, 2.45) is 38.9 Å². The van der Waals surface area contributed by atoms with E-state index in [0.717, 1.165) is 0 Å². The Kier molecular flexibility index (Phi) is 4.85. The monoisotopic (exact) mass is 320 g/mol. The Labute approximate surface area is 147 Å². The first-order chi connectivity index (χ1) is 9.95. The predicted molar refractivity (Wildman–Crippen MR) is 106 cm³/mol. The zero-order chi connectivity index (χ0) is 18.8. The van der Waals surface area contributed by atoms with E-state index in [2.05, 4.69) is 96.9 Å². The molecule has 2 unspecified atom stereocenters. The summed E-state index contributed by atoms with van der Waals surface area (Å²) >= 11 is 0. The van der Waals surface area contributed by atoms with Gasteiger partial charge in [0.1, 0.15) is 0 Å². The molecule has 0 aromatic rings. The van der Waals surface area contributed by atoms with Gasteiger partial charge in [-0.1, -0.05) is 94.2 Å². The van der Waals surface area contributed by atoms with E-state index in [1.54, 1.807) is 11.1 Å². The van der Waals surface area contributed by atoms with Crippen LogP contribution in [0.15, 0.2) is 11.1 Å². The Morgan fingerprint density at radius 3 is 1.43 bits per heavy atom. The molecule has 0 nitrogen and oxygen atoms in total. The van der Waals surface area contributed by atoms with E-state index in [1.807, 2.05) is 0 Å². The third-order valence-electron chi connectivity index (χ3n) is 10.0. The molecule has 0 saturated carbocycles. The summed E-state index contributed by atoms with van der Waals surface area (Å²) in [6.07, 6.45) is 0. The average molecular weight is 321 g/mol. The van der Waals surface area contributed by atoms with Crippen molar-refractivity contribution in [3.63, 3.8) is 0 Å². The number of hydrogen-bond donors (Lipinski definition) is 0. The van der Waals surface area contributed by atoms with Gasteiger partial charge in [-0.3, -0.25) is 0 Å². The second-order valence-electron chi connectivity index (χ2n) is 10.9. The fraction of sp³-hybridized carbons (Fsp3) is 0.913. The third-order valence-corrected chi connectivity index (χ3v) is 10.0. The third kappa shape index (κ3) is 2.09. The fourth-order valence-corrected chi connectivity index (χ4v) is 6.01. The lowest BCUT2D eigenvalue weighted by Gasteiger charge is -2.72. The van der Waals surface area contributed by atoms with Crippen molar-refractivity contribution in [3.8, 4) is 0 Å². The SMILES string of the molecule is CC1=C(C)C(C)(C(C)(C)C(C)C)C(C)(C(C)C)C(C)(C)C1(C)C. The molecule has 1 aliphatic rings. The highest BCUT2D eigenvalue weighted by molar-refractivity contribution is 5.37. The summed E-state index contributed by atoms with van der Waals surface area (Å²) < 4.78 is 0. The lowest BCUT2D eigenvalue weighted by Crippen LogP contribution is -2.65. The summed E-state index contributed by atoms with van der Waals surface area (Å²) in [5, 5.41) is 0. The van der Waals surface area contributed by atoms with Crippen LogP contribution in [0.5, 0.6) is 0 Å². The van der Waals surface area contributed by atoms with E-state index < -0.39 is 0 Å². The van der Waals surface area contributed by atoms with Crippen LogP contribution in [0.1, 0.15) is 96.9 Å². The summed E-state index contributed by atoms with van der Waals surface area (Å²) in [5.41, 5.74) is 4.31. The normalized spacial score (nSPS) is 34.4. The van der Waals surface area contributed by atoms with Gasteiger partial charge in [0.25, 0.3) is 0 Å². The molecule has 0 aromatic heterocycles. The van der Waals surface area contributed by atoms with Gasteiger partial charge in [0.05, 0.1) is 0 Å². The van der Waals surface area contributed by atoms with Crippen LogP contribution < -0.4 is 0 Å². The van der Waals surface area contributed by atoms with Crippen molar-refractivity contribution in [1.82, 2.24) is 0 Å². The Balaban J connectivity index is 4.04. The quantitative estimate of drug-likeness (QED) is 0.466. The van der Waals surface area contributed by atoms with E-state index in [-0.39, 0.29) is 27.1 Å². The number of allylic oxidation sites excluding steroid dienone is 2. The maximum atomic E-state index is 2.58. The molecule has 0 bridgehead atoms. The summed E-state index contributed by atoms with van der Waals surface area (Å²) in [7, 11) is 0. The standard InChI is InChI=1S/C23H44/c1-15(2)19(7,8)23(14)18(6)17(5)20(9,10)21(11,12)22(23,13)16(3)4/h15-16H,1-14H3. The lowest BCUT2D eigenvalue weighted by atomic mass is 9.32. The molecule has 0 heteroatoms. The first-order valence-corrected chi connectivity index (χ1v) is 9.64. The highest BCUT2D eigenvalue weighted by atomic mass is 14.7. The van der Waals surface area contributed by atoms with Crippen LogP contribution in [0.25, 0.3) is 0 Å². The fourth-order valence-electron chi connectivity index (χ4n) is 6.01. The molecule has 0 aliphatic heterocycles. The zero-order valence-electron chi connectivity index (χ0n) is 18.7. The van der Waals surface area contributed by atoms with Gasteiger partial charge in [-0.05, 0) is 52.8 Å². The molecule has 0 aromatic carbocycles. The molecule has 1 rings (SSSR count). The van der Waals surface area contributed by atoms with Crippen molar-refractivity contribution < 1.29 is 0 Å². The Morgan fingerprint density at radius 2 is 1.13 bits per heavy atom. The molecule has 0 spiro atoms. The van der Waals surface area contributed by atoms with Crippen molar-refractivity contribution in [1.29, 1.82) is 0 Å². The van der Waals surface area contributed by atoms with Gasteiger partial charge in [0.15, 0.2) is 0 Å². The van der Waals surface area contributed by atoms with E-state index in [9.17, 15) is 0 Å². The van der Waals surface area contributed by atoms with Gasteiger partial charge >= 0.3 is 0 Å². The van der Waals surface area contributed by atoms with Crippen molar-refractivity contribution in [2.45, 2.75) is 96.9 Å². The molecule has 2 atom stereocenters. The first-order valence-electron chi connectivity index (χ1n) is 9.64. The topological polar surface area (TPSA) is 0 Å². The van der Waals surface area contributed by atoms with Crippen LogP contribution in [0.2, 0.25) is 0 Å². The molecule has 0 N–H and O–H groups in total. The van der Waals surface area contributed by atoms with E-state index in [1.165, 1.54) is 0 Å². The van der Waals surface area contributed by atoms with E-state index >= 15 is 0 Å². The largest absolute Gasteiger partial charge is 0.0676 e. The maximum absolute atomic E-state index is 2.58. The van der Waals surface area contributed by atoms with E-state index in [0.29, 0.717) is 11.8 Å². The summed E-state index contributed by atoms with van der Waals surface area (Å²) in [6, 6.07) is 0. The van der Waals surface area contributed by atoms with Gasteiger partial charge in [-0.15, -0.1) is 0 Å². The molecule has 1 aliphatic carbocycles. The lowest BCUT2D eigenvalue weighted by molar-refractivity contribution is -0.185. The highest BCUT2D eigenvalue weighted by Crippen LogP contribution is 2.75. The number of rotatable bonds is 3. The van der Waals surface area contributed by atoms with Crippen molar-refractivity contribution >= 4 is 0 Å². The second kappa shape index (κ2) is 5.37. The minimum atomic E-state index is 0.172. The van der Waals surface area contributed by atoms with Crippen LogP contribution in [-0.4, -0.2) is 0 Å². The molecule has 23 heavy (non-hydrogen) atoms. The van der Waals surface area contributed by atoms with Crippen LogP contribution in [0, 0.1) is 38.9 Å². The molecule has 0 amide bonds. The molecule has 0 heterocycles. The minimum Gasteiger partial charge on any atom is -0.0676 e. The predicted octanol–water partition coefficient (Wildman–Crippen LogP) is 7.74. The molecule has 0 saturated heterocycles. The summed E-state index contributed by atoms with van der Waals surface area (Å²) in [4.78, 5) is 0. The zero-order valence-corrected chi connectivity index (χ0v) is 18.7. The van der Waals surface area contributed by atoms with Gasteiger partial charge in [0, 0.05) is 0 Å². The number of hydrogen-bond acceptors (Lipinski definition) is 0. The van der Waals surface area contributed by atoms with Gasteiger partial charge in [-0.25, -0.2) is 0 Å². The summed E-state index contributed by atoms with van der Waals surface area (Å²) in [6.45, 7) is 34.7. The Bertz CT molecular complexity index is 498.